The Morgan fingerprint density at radius 2 is 1.87 bits per heavy atom. The zero-order chi connectivity index (χ0) is 21.3. The number of anilines is 2. The lowest BCUT2D eigenvalue weighted by Gasteiger charge is -2.24. The Kier molecular flexibility index (Phi) is 5.40. The predicted octanol–water partition coefficient (Wildman–Crippen LogP) is 4.33. The molecule has 0 aliphatic carbocycles. The molecule has 30 heavy (non-hydrogen) atoms. The Labute approximate surface area is 176 Å². The van der Waals surface area contributed by atoms with E-state index in [0.717, 1.165) is 33.8 Å². The van der Waals surface area contributed by atoms with Gasteiger partial charge in [-0.15, -0.1) is 0 Å². The molecule has 1 aliphatic heterocycles. The van der Waals surface area contributed by atoms with Gasteiger partial charge in [-0.3, -0.25) is 9.59 Å². The van der Waals surface area contributed by atoms with Crippen LogP contribution in [-0.4, -0.2) is 21.6 Å². The van der Waals surface area contributed by atoms with Gasteiger partial charge < -0.3 is 10.6 Å². The van der Waals surface area contributed by atoms with Crippen LogP contribution in [0.5, 0.6) is 0 Å². The molecule has 154 valence electrons. The van der Waals surface area contributed by atoms with E-state index in [1.165, 1.54) is 0 Å². The van der Waals surface area contributed by atoms with Crippen molar-refractivity contribution < 1.29 is 9.59 Å². The largest absolute Gasteiger partial charge is 0.326 e. The van der Waals surface area contributed by atoms with E-state index in [4.69, 9.17) is 0 Å². The van der Waals surface area contributed by atoms with Gasteiger partial charge in [0.1, 0.15) is 5.82 Å². The molecule has 0 fully saturated rings. The summed E-state index contributed by atoms with van der Waals surface area (Å²) in [5.74, 6) is 0.308. The molecule has 2 heterocycles. The fourth-order valence-corrected chi connectivity index (χ4v) is 4.02. The monoisotopic (exact) mass is 402 g/mol. The second-order valence-electron chi connectivity index (χ2n) is 8.06. The van der Waals surface area contributed by atoms with Crippen molar-refractivity contribution in [1.82, 2.24) is 9.78 Å². The molecule has 3 aromatic rings. The van der Waals surface area contributed by atoms with Gasteiger partial charge >= 0.3 is 0 Å². The highest BCUT2D eigenvalue weighted by Crippen LogP contribution is 2.28. The van der Waals surface area contributed by atoms with Gasteiger partial charge in [0.15, 0.2) is 0 Å². The summed E-state index contributed by atoms with van der Waals surface area (Å²) in [5.41, 5.74) is 6.01. The molecule has 2 N–H and O–H groups in total. The van der Waals surface area contributed by atoms with Crippen molar-refractivity contribution >= 4 is 23.3 Å². The fraction of sp³-hybridized carbons (Fsp3) is 0.292. The molecule has 0 radical (unpaired) electrons. The number of aryl methyl sites for hydroxylation is 3. The zero-order valence-electron chi connectivity index (χ0n) is 17.5. The maximum Gasteiger partial charge on any atom is 0.227 e. The molecule has 1 aliphatic rings. The quantitative estimate of drug-likeness (QED) is 0.667. The number of carbonyl (C=O) groups is 2. The van der Waals surface area contributed by atoms with Crippen LogP contribution < -0.4 is 10.6 Å². The minimum absolute atomic E-state index is 0.0161. The smallest absolute Gasteiger partial charge is 0.227 e. The summed E-state index contributed by atoms with van der Waals surface area (Å²) in [5, 5.41) is 10.5. The van der Waals surface area contributed by atoms with Crippen LogP contribution in [0.2, 0.25) is 0 Å². The number of rotatable bonds is 5. The summed E-state index contributed by atoms with van der Waals surface area (Å²) in [7, 11) is 0. The Balaban J connectivity index is 1.43. The van der Waals surface area contributed by atoms with E-state index in [9.17, 15) is 9.59 Å². The number of fused-ring (bicyclic) bond motifs is 1. The highest BCUT2D eigenvalue weighted by atomic mass is 16.2. The lowest BCUT2D eigenvalue weighted by atomic mass is 9.89. The summed E-state index contributed by atoms with van der Waals surface area (Å²) in [6, 6.07) is 15.9. The fourth-order valence-electron chi connectivity index (χ4n) is 4.02. The predicted molar refractivity (Wildman–Crippen MR) is 118 cm³/mol. The third-order valence-electron chi connectivity index (χ3n) is 5.38. The van der Waals surface area contributed by atoms with E-state index >= 15 is 0 Å². The van der Waals surface area contributed by atoms with Crippen molar-refractivity contribution in [2.24, 2.45) is 5.92 Å². The van der Waals surface area contributed by atoms with Gasteiger partial charge in [-0.2, -0.15) is 5.10 Å². The molecule has 2 aromatic carbocycles. The van der Waals surface area contributed by atoms with Crippen LogP contribution in [0, 0.1) is 26.7 Å². The number of nitrogens with zero attached hydrogens (tertiary/aromatic N) is 2. The van der Waals surface area contributed by atoms with E-state index < -0.39 is 0 Å². The number of carbonyl (C=O) groups excluding carboxylic acids is 2. The van der Waals surface area contributed by atoms with E-state index in [1.807, 2.05) is 63.2 Å². The maximum absolute atomic E-state index is 12.7. The zero-order valence-corrected chi connectivity index (χ0v) is 17.5. The number of para-hydroxylation sites is 1. The summed E-state index contributed by atoms with van der Waals surface area (Å²) >= 11 is 0. The van der Waals surface area contributed by atoms with Crippen LogP contribution in [0.15, 0.2) is 48.5 Å². The lowest BCUT2D eigenvalue weighted by molar-refractivity contribution is -0.121. The molecule has 1 unspecified atom stereocenters. The molecule has 0 saturated heterocycles. The van der Waals surface area contributed by atoms with Crippen LogP contribution in [0.3, 0.4) is 0 Å². The summed E-state index contributed by atoms with van der Waals surface area (Å²) in [4.78, 5) is 25.0. The molecule has 2 amide bonds. The van der Waals surface area contributed by atoms with Crippen molar-refractivity contribution in [3.05, 3.63) is 70.9 Å². The Hall–Kier alpha value is -3.41. The van der Waals surface area contributed by atoms with Gasteiger partial charge in [0.2, 0.25) is 11.8 Å². The minimum atomic E-state index is -0.197. The van der Waals surface area contributed by atoms with Crippen LogP contribution in [0.4, 0.5) is 11.5 Å². The van der Waals surface area contributed by atoms with Crippen molar-refractivity contribution in [2.75, 3.05) is 10.6 Å². The second-order valence-corrected chi connectivity index (χ2v) is 8.06. The molecule has 6 nitrogen and oxygen atoms in total. The van der Waals surface area contributed by atoms with Gasteiger partial charge in [0.05, 0.1) is 11.4 Å². The van der Waals surface area contributed by atoms with Crippen LogP contribution >= 0.6 is 0 Å². The van der Waals surface area contributed by atoms with Crippen molar-refractivity contribution in [2.45, 2.75) is 40.0 Å². The number of amides is 2. The van der Waals surface area contributed by atoms with Crippen LogP contribution in [0.1, 0.15) is 35.2 Å². The second kappa shape index (κ2) is 8.14. The Bertz CT molecular complexity index is 1100. The van der Waals surface area contributed by atoms with Gasteiger partial charge in [0, 0.05) is 24.1 Å². The molecular weight excluding hydrogens is 376 g/mol. The number of nitrogens with one attached hydrogen (secondary N) is 2. The summed E-state index contributed by atoms with van der Waals surface area (Å²) < 4.78 is 1.76. The molecule has 0 bridgehead atoms. The van der Waals surface area contributed by atoms with Gasteiger partial charge in [0.25, 0.3) is 0 Å². The first-order valence-electron chi connectivity index (χ1n) is 10.2. The van der Waals surface area contributed by atoms with Gasteiger partial charge in [-0.1, -0.05) is 24.3 Å². The van der Waals surface area contributed by atoms with Crippen LogP contribution in [0.25, 0.3) is 5.69 Å². The Morgan fingerprint density at radius 1 is 1.13 bits per heavy atom. The molecule has 4 rings (SSSR count). The first-order valence-corrected chi connectivity index (χ1v) is 10.2. The topological polar surface area (TPSA) is 76.0 Å². The van der Waals surface area contributed by atoms with E-state index in [2.05, 4.69) is 21.8 Å². The number of hydrogen-bond donors (Lipinski definition) is 2. The van der Waals surface area contributed by atoms with Crippen molar-refractivity contribution in [1.29, 1.82) is 0 Å². The van der Waals surface area contributed by atoms with Gasteiger partial charge in [-0.25, -0.2) is 4.68 Å². The van der Waals surface area contributed by atoms with Crippen LogP contribution in [-0.2, 0) is 16.0 Å². The van der Waals surface area contributed by atoms with E-state index in [-0.39, 0.29) is 24.2 Å². The maximum atomic E-state index is 12.7. The molecule has 0 saturated carbocycles. The summed E-state index contributed by atoms with van der Waals surface area (Å²) in [6.45, 7) is 5.98. The third-order valence-corrected chi connectivity index (χ3v) is 5.38. The Morgan fingerprint density at radius 3 is 2.63 bits per heavy atom. The van der Waals surface area contributed by atoms with Crippen molar-refractivity contribution in [3.63, 3.8) is 0 Å². The average molecular weight is 402 g/mol. The van der Waals surface area contributed by atoms with Crippen molar-refractivity contribution in [3.8, 4) is 5.69 Å². The number of hydrogen-bond acceptors (Lipinski definition) is 3. The molecular formula is C24H26N4O2. The van der Waals surface area contributed by atoms with Gasteiger partial charge in [-0.05, 0) is 68.5 Å². The normalized spacial score (nSPS) is 15.4. The highest BCUT2D eigenvalue weighted by molar-refractivity contribution is 5.96. The standard InChI is InChI=1S/C24H26N4O2/c1-15-10-16(2)12-20(11-15)28-22(13-17(3)27-28)26-23(29)9-8-19-14-18-6-4-5-7-21(18)25-24(19)30/h4-7,10-13,19H,8-9,14H2,1-3H3,(H,25,30)(H,26,29). The first-order chi connectivity index (χ1) is 14.4. The SMILES string of the molecule is Cc1cc(C)cc(-n2nc(C)cc2NC(=O)CCC2Cc3ccccc3NC2=O)c1. The number of benzene rings is 2. The first kappa shape index (κ1) is 19.9. The molecule has 6 heteroatoms. The van der Waals surface area contributed by atoms with E-state index in [1.54, 1.807) is 4.68 Å². The highest BCUT2D eigenvalue weighted by Gasteiger charge is 2.26. The minimum Gasteiger partial charge on any atom is -0.326 e. The third kappa shape index (κ3) is 4.27. The average Bonchev–Trinajstić information content (AvgIpc) is 3.05. The molecule has 1 atom stereocenters. The molecule has 1 aromatic heterocycles. The molecule has 0 spiro atoms. The lowest BCUT2D eigenvalue weighted by Crippen LogP contribution is -2.30. The van der Waals surface area contributed by atoms with E-state index in [0.29, 0.717) is 18.7 Å². The number of aromatic nitrogens is 2. The summed E-state index contributed by atoms with van der Waals surface area (Å²) in [6.07, 6.45) is 1.44.